The van der Waals surface area contributed by atoms with Crippen molar-refractivity contribution in [1.29, 1.82) is 0 Å². The topological polar surface area (TPSA) is 98.7 Å². The minimum atomic E-state index is -0.627. The highest BCUT2D eigenvalue weighted by Gasteiger charge is 2.23. The second kappa shape index (κ2) is 7.84. The predicted octanol–water partition coefficient (Wildman–Crippen LogP) is 3.43. The Morgan fingerprint density at radius 1 is 1.14 bits per heavy atom. The molecule has 0 saturated heterocycles. The Morgan fingerprint density at radius 3 is 2.46 bits per heavy atom. The maximum absolute atomic E-state index is 12.8. The van der Waals surface area contributed by atoms with E-state index in [9.17, 15) is 9.59 Å². The Balaban J connectivity index is 1.97. The molecule has 0 fully saturated rings. The third kappa shape index (κ3) is 3.62. The molecule has 1 amide bonds. The summed E-state index contributed by atoms with van der Waals surface area (Å²) in [5.74, 6) is 0.541. The number of aromatic nitrogens is 2. The lowest BCUT2D eigenvalue weighted by molar-refractivity contribution is -0.134. The van der Waals surface area contributed by atoms with Crippen molar-refractivity contribution in [3.05, 3.63) is 34.9 Å². The molecule has 0 aliphatic carbocycles. The number of carbonyl (C=O) groups excluding carboxylic acids is 2. The first-order valence-electron chi connectivity index (χ1n) is 9.15. The number of nitrogens with zero attached hydrogens (tertiary/aromatic N) is 3. The number of furan rings is 1. The highest BCUT2D eigenvalue weighted by molar-refractivity contribution is 6.04. The molecule has 0 aliphatic heterocycles. The van der Waals surface area contributed by atoms with Gasteiger partial charge in [-0.3, -0.25) is 4.79 Å². The molecule has 0 radical (unpaired) electrons. The van der Waals surface area contributed by atoms with Crippen molar-refractivity contribution < 1.29 is 23.3 Å². The molecule has 0 bridgehead atoms. The van der Waals surface area contributed by atoms with Gasteiger partial charge in [-0.1, -0.05) is 5.16 Å². The number of ether oxygens (including phenoxy) is 1. The Bertz CT molecular complexity index is 1030. The average molecular weight is 385 g/mol. The van der Waals surface area contributed by atoms with Crippen LogP contribution in [0, 0.1) is 20.8 Å². The van der Waals surface area contributed by atoms with Crippen LogP contribution in [0.1, 0.15) is 41.4 Å². The summed E-state index contributed by atoms with van der Waals surface area (Å²) >= 11 is 0. The predicted molar refractivity (Wildman–Crippen MR) is 102 cm³/mol. The summed E-state index contributed by atoms with van der Waals surface area (Å²) in [5, 5.41) is 4.38. The number of esters is 1. The highest BCUT2D eigenvalue weighted by atomic mass is 16.5. The molecule has 0 aliphatic rings. The maximum Gasteiger partial charge on any atom is 0.339 e. The van der Waals surface area contributed by atoms with Gasteiger partial charge in [0, 0.05) is 18.7 Å². The summed E-state index contributed by atoms with van der Waals surface area (Å²) in [7, 11) is 0. The van der Waals surface area contributed by atoms with E-state index in [0.29, 0.717) is 35.6 Å². The zero-order chi connectivity index (χ0) is 20.4. The number of hydrogen-bond donors (Lipinski definition) is 0. The largest absolute Gasteiger partial charge is 0.466 e. The van der Waals surface area contributed by atoms with E-state index in [1.165, 1.54) is 0 Å². The molecular formula is C20H23N3O5. The summed E-state index contributed by atoms with van der Waals surface area (Å²) < 4.78 is 16.1. The summed E-state index contributed by atoms with van der Waals surface area (Å²) in [4.78, 5) is 31.0. The van der Waals surface area contributed by atoms with Gasteiger partial charge >= 0.3 is 5.97 Å². The Labute approximate surface area is 162 Å². The molecule has 3 heterocycles. The molecule has 0 saturated carbocycles. The number of pyridine rings is 1. The fraction of sp³-hybridized carbons (Fsp3) is 0.400. The molecule has 28 heavy (non-hydrogen) atoms. The highest BCUT2D eigenvalue weighted by Crippen LogP contribution is 2.30. The summed E-state index contributed by atoms with van der Waals surface area (Å²) in [6.45, 7) is 9.91. The van der Waals surface area contributed by atoms with E-state index in [1.807, 2.05) is 33.8 Å². The number of amides is 1. The molecule has 3 aromatic heterocycles. The lowest BCUT2D eigenvalue weighted by atomic mass is 10.1. The molecule has 0 unspecified atom stereocenters. The van der Waals surface area contributed by atoms with Gasteiger partial charge in [0.15, 0.2) is 6.61 Å². The van der Waals surface area contributed by atoms with Crippen LogP contribution in [0.3, 0.4) is 0 Å². The van der Waals surface area contributed by atoms with Crippen LogP contribution in [-0.2, 0) is 9.53 Å². The smallest absolute Gasteiger partial charge is 0.339 e. The molecule has 0 atom stereocenters. The third-order valence-corrected chi connectivity index (χ3v) is 4.60. The van der Waals surface area contributed by atoms with E-state index in [-0.39, 0.29) is 23.8 Å². The maximum atomic E-state index is 12.8. The number of aryl methyl sites for hydroxylation is 3. The first-order chi connectivity index (χ1) is 13.3. The van der Waals surface area contributed by atoms with Crippen molar-refractivity contribution in [2.24, 2.45) is 0 Å². The Morgan fingerprint density at radius 2 is 1.86 bits per heavy atom. The zero-order valence-corrected chi connectivity index (χ0v) is 16.7. The number of carbonyl (C=O) groups is 2. The van der Waals surface area contributed by atoms with E-state index in [1.54, 1.807) is 17.9 Å². The van der Waals surface area contributed by atoms with Gasteiger partial charge in [0.25, 0.3) is 11.6 Å². The number of hydrogen-bond acceptors (Lipinski definition) is 7. The van der Waals surface area contributed by atoms with E-state index in [4.69, 9.17) is 13.7 Å². The molecule has 0 aromatic carbocycles. The van der Waals surface area contributed by atoms with Gasteiger partial charge in [-0.15, -0.1) is 0 Å². The van der Waals surface area contributed by atoms with Crippen LogP contribution in [0.5, 0.6) is 0 Å². The van der Waals surface area contributed by atoms with Crippen molar-refractivity contribution in [1.82, 2.24) is 15.0 Å². The van der Waals surface area contributed by atoms with Gasteiger partial charge in [-0.05, 0) is 46.8 Å². The SMILES string of the molecule is CCN(CC)C(=O)COC(=O)c1cc(-c2cc(C)oc2C)nc2onc(C)c12. The molecule has 0 N–H and O–H groups in total. The molecule has 148 valence electrons. The van der Waals surface area contributed by atoms with Crippen molar-refractivity contribution in [2.45, 2.75) is 34.6 Å². The minimum Gasteiger partial charge on any atom is -0.466 e. The lowest BCUT2D eigenvalue weighted by Gasteiger charge is -2.18. The van der Waals surface area contributed by atoms with E-state index in [2.05, 4.69) is 10.1 Å². The first-order valence-corrected chi connectivity index (χ1v) is 9.15. The fourth-order valence-electron chi connectivity index (χ4n) is 3.15. The van der Waals surface area contributed by atoms with Crippen LogP contribution in [-0.4, -0.2) is 46.6 Å². The van der Waals surface area contributed by atoms with Gasteiger partial charge < -0.3 is 18.6 Å². The Hall–Kier alpha value is -3.16. The summed E-state index contributed by atoms with van der Waals surface area (Å²) in [6, 6.07) is 3.46. The van der Waals surface area contributed by atoms with Crippen LogP contribution >= 0.6 is 0 Å². The van der Waals surface area contributed by atoms with Gasteiger partial charge in [-0.25, -0.2) is 9.78 Å². The van der Waals surface area contributed by atoms with Gasteiger partial charge in [0.05, 0.1) is 22.3 Å². The molecule has 3 rings (SSSR count). The fourth-order valence-corrected chi connectivity index (χ4v) is 3.15. The van der Waals surface area contributed by atoms with Crippen molar-refractivity contribution in [3.8, 4) is 11.3 Å². The van der Waals surface area contributed by atoms with Crippen molar-refractivity contribution in [2.75, 3.05) is 19.7 Å². The molecule has 3 aromatic rings. The van der Waals surface area contributed by atoms with Gasteiger partial charge in [-0.2, -0.15) is 0 Å². The van der Waals surface area contributed by atoms with E-state index in [0.717, 1.165) is 11.3 Å². The third-order valence-electron chi connectivity index (χ3n) is 4.60. The van der Waals surface area contributed by atoms with E-state index < -0.39 is 5.97 Å². The number of likely N-dealkylation sites (N-methyl/N-ethyl adjacent to an activating group) is 1. The summed E-state index contributed by atoms with van der Waals surface area (Å²) in [6.07, 6.45) is 0. The van der Waals surface area contributed by atoms with E-state index >= 15 is 0 Å². The minimum absolute atomic E-state index is 0.232. The number of fused-ring (bicyclic) bond motifs is 1. The van der Waals surface area contributed by atoms with Crippen LogP contribution in [0.25, 0.3) is 22.4 Å². The van der Waals surface area contributed by atoms with Gasteiger partial charge in [0.1, 0.15) is 11.5 Å². The standard InChI is InChI=1S/C20H23N3O5/c1-6-23(7-2)17(24)10-26-20(25)15-9-16(14-8-11(3)27-13(14)5)21-19-18(15)12(4)22-28-19/h8-9H,6-7,10H2,1-5H3. The molecular weight excluding hydrogens is 362 g/mol. The van der Waals surface area contributed by atoms with Crippen LogP contribution < -0.4 is 0 Å². The lowest BCUT2D eigenvalue weighted by Crippen LogP contribution is -2.34. The monoisotopic (exact) mass is 385 g/mol. The van der Waals surface area contributed by atoms with Gasteiger partial charge in [0.2, 0.25) is 0 Å². The molecule has 8 nitrogen and oxygen atoms in total. The average Bonchev–Trinajstić information content (AvgIpc) is 3.21. The molecule has 8 heteroatoms. The quantitative estimate of drug-likeness (QED) is 0.599. The van der Waals surface area contributed by atoms with Crippen molar-refractivity contribution >= 4 is 23.0 Å². The Kier molecular flexibility index (Phi) is 5.48. The first kappa shape index (κ1) is 19.6. The second-order valence-electron chi connectivity index (χ2n) is 6.47. The summed E-state index contributed by atoms with van der Waals surface area (Å²) in [5.41, 5.74) is 2.28. The normalized spacial score (nSPS) is 11.0. The van der Waals surface area contributed by atoms with Crippen LogP contribution in [0.2, 0.25) is 0 Å². The van der Waals surface area contributed by atoms with Crippen molar-refractivity contribution in [3.63, 3.8) is 0 Å². The number of rotatable bonds is 6. The van der Waals surface area contributed by atoms with Crippen LogP contribution in [0.4, 0.5) is 0 Å². The molecule has 0 spiro atoms. The zero-order valence-electron chi connectivity index (χ0n) is 16.7. The second-order valence-corrected chi connectivity index (χ2v) is 6.47. The van der Waals surface area contributed by atoms with Crippen LogP contribution in [0.15, 0.2) is 21.1 Å².